The minimum absolute atomic E-state index is 0.0544. The molecule has 0 spiro atoms. The summed E-state index contributed by atoms with van der Waals surface area (Å²) in [5, 5.41) is 0. The number of esters is 1. The number of benzene rings is 1. The Labute approximate surface area is 160 Å². The quantitative estimate of drug-likeness (QED) is 0.617. The van der Waals surface area contributed by atoms with Gasteiger partial charge in [0.2, 0.25) is 21.8 Å². The molecule has 28 heavy (non-hydrogen) atoms. The molecule has 0 unspecified atom stereocenters. The fourth-order valence-electron chi connectivity index (χ4n) is 2.38. The number of aromatic nitrogens is 2. The molecule has 0 bridgehead atoms. The first-order valence-electron chi connectivity index (χ1n) is 7.68. The zero-order valence-corrected chi connectivity index (χ0v) is 16.1. The van der Waals surface area contributed by atoms with E-state index in [0.717, 1.165) is 7.11 Å². The number of hydrogen-bond acceptors (Lipinski definition) is 9. The first-order valence-corrected chi connectivity index (χ1v) is 9.33. The first kappa shape index (κ1) is 20.9. The molecular formula is C16H18N4O7S. The van der Waals surface area contributed by atoms with E-state index in [2.05, 4.69) is 9.97 Å². The molecule has 0 aliphatic heterocycles. The van der Waals surface area contributed by atoms with Crippen LogP contribution in [0.5, 0.6) is 11.8 Å². The number of hydrogen-bond donors (Lipinski definition) is 2. The molecule has 150 valence electrons. The molecule has 11 nitrogen and oxygen atoms in total. The second kappa shape index (κ2) is 8.52. The molecule has 2 aromatic rings. The third kappa shape index (κ3) is 4.85. The fourth-order valence-corrected chi connectivity index (χ4v) is 3.41. The molecule has 12 heteroatoms. The number of nitrogens with two attached hydrogens (primary N) is 1. The van der Waals surface area contributed by atoms with Gasteiger partial charge < -0.3 is 19.9 Å². The summed E-state index contributed by atoms with van der Waals surface area (Å²) in [5.74, 6) is -1.11. The van der Waals surface area contributed by atoms with Crippen LogP contribution < -0.4 is 19.9 Å². The number of urea groups is 1. The average Bonchev–Trinajstić information content (AvgIpc) is 2.65. The molecule has 0 fully saturated rings. The number of rotatable bonds is 7. The Morgan fingerprint density at radius 2 is 1.71 bits per heavy atom. The number of amides is 2. The van der Waals surface area contributed by atoms with Crippen molar-refractivity contribution in [3.63, 3.8) is 0 Å². The van der Waals surface area contributed by atoms with Gasteiger partial charge in [-0.25, -0.2) is 22.7 Å². The summed E-state index contributed by atoms with van der Waals surface area (Å²) >= 11 is 0. The largest absolute Gasteiger partial charge is 0.481 e. The van der Waals surface area contributed by atoms with Crippen LogP contribution in [0.25, 0.3) is 11.4 Å². The molecule has 0 atom stereocenters. The van der Waals surface area contributed by atoms with E-state index in [9.17, 15) is 18.0 Å². The standard InChI is InChI=1S/C16H18N4O7S/c1-25-11-7-12(26-2)19-14(18-11)10-6-4-5-9(13(10)15(21)27-3)8-28(23,24)20-16(17)22/h4-7H,8H2,1-3H3,(H3,17,20,22). The van der Waals surface area contributed by atoms with Crippen LogP contribution in [0.15, 0.2) is 24.3 Å². The van der Waals surface area contributed by atoms with Crippen molar-refractivity contribution in [2.75, 3.05) is 21.3 Å². The number of sulfonamides is 1. The number of carbonyl (C=O) groups is 2. The van der Waals surface area contributed by atoms with E-state index >= 15 is 0 Å². The second-order valence-electron chi connectivity index (χ2n) is 5.33. The monoisotopic (exact) mass is 410 g/mol. The number of nitrogens with zero attached hydrogens (tertiary/aromatic N) is 2. The van der Waals surface area contributed by atoms with Crippen molar-refractivity contribution >= 4 is 22.0 Å². The van der Waals surface area contributed by atoms with Crippen LogP contribution in [0.1, 0.15) is 15.9 Å². The molecule has 0 aliphatic rings. The van der Waals surface area contributed by atoms with Crippen molar-refractivity contribution < 1.29 is 32.2 Å². The molecule has 2 rings (SSSR count). The summed E-state index contributed by atoms with van der Waals surface area (Å²) in [6.07, 6.45) is 0. The van der Waals surface area contributed by atoms with Crippen LogP contribution in [-0.2, 0) is 20.5 Å². The third-order valence-electron chi connectivity index (χ3n) is 3.48. The van der Waals surface area contributed by atoms with E-state index in [4.69, 9.17) is 19.9 Å². The molecule has 2 amide bonds. The van der Waals surface area contributed by atoms with Gasteiger partial charge in [-0.15, -0.1) is 0 Å². The lowest BCUT2D eigenvalue weighted by Crippen LogP contribution is -2.36. The van der Waals surface area contributed by atoms with Crippen LogP contribution >= 0.6 is 0 Å². The highest BCUT2D eigenvalue weighted by Crippen LogP contribution is 2.29. The summed E-state index contributed by atoms with van der Waals surface area (Å²) in [6.45, 7) is 0. The molecule has 3 N–H and O–H groups in total. The number of carbonyl (C=O) groups excluding carboxylic acids is 2. The van der Waals surface area contributed by atoms with E-state index in [0.29, 0.717) is 0 Å². The van der Waals surface area contributed by atoms with Crippen LogP contribution in [0, 0.1) is 0 Å². The maximum absolute atomic E-state index is 12.4. The molecular weight excluding hydrogens is 392 g/mol. The van der Waals surface area contributed by atoms with Gasteiger partial charge in [0.05, 0.1) is 38.7 Å². The Morgan fingerprint density at radius 1 is 1.11 bits per heavy atom. The van der Waals surface area contributed by atoms with Crippen LogP contribution in [0.2, 0.25) is 0 Å². The lowest BCUT2D eigenvalue weighted by molar-refractivity contribution is 0.0600. The minimum atomic E-state index is -4.15. The van der Waals surface area contributed by atoms with E-state index < -0.39 is 27.8 Å². The molecule has 0 aliphatic carbocycles. The smallest absolute Gasteiger partial charge is 0.338 e. The van der Waals surface area contributed by atoms with Crippen molar-refractivity contribution in [1.82, 2.24) is 14.7 Å². The summed E-state index contributed by atoms with van der Waals surface area (Å²) < 4.78 is 40.8. The Kier molecular flexibility index (Phi) is 6.36. The van der Waals surface area contributed by atoms with Gasteiger partial charge in [0.15, 0.2) is 5.82 Å². The van der Waals surface area contributed by atoms with Gasteiger partial charge in [-0.2, -0.15) is 9.97 Å². The molecule has 0 saturated carbocycles. The average molecular weight is 410 g/mol. The van der Waals surface area contributed by atoms with E-state index in [1.165, 1.54) is 38.5 Å². The Hall–Kier alpha value is -3.41. The molecule has 1 aromatic heterocycles. The lowest BCUT2D eigenvalue weighted by Gasteiger charge is -2.14. The van der Waals surface area contributed by atoms with Crippen molar-refractivity contribution in [2.24, 2.45) is 5.73 Å². The summed E-state index contributed by atoms with van der Waals surface area (Å²) in [7, 11) is -0.212. The van der Waals surface area contributed by atoms with Crippen molar-refractivity contribution in [3.05, 3.63) is 35.4 Å². The highest BCUT2D eigenvalue weighted by molar-refractivity contribution is 7.89. The fraction of sp³-hybridized carbons (Fsp3) is 0.250. The summed E-state index contributed by atoms with van der Waals surface area (Å²) in [4.78, 5) is 31.6. The normalized spacial score (nSPS) is 10.8. The van der Waals surface area contributed by atoms with Crippen molar-refractivity contribution in [2.45, 2.75) is 5.75 Å². The molecule has 0 saturated heterocycles. The Morgan fingerprint density at radius 3 is 2.21 bits per heavy atom. The van der Waals surface area contributed by atoms with Gasteiger partial charge in [0, 0.05) is 5.56 Å². The molecule has 1 heterocycles. The van der Waals surface area contributed by atoms with Crippen molar-refractivity contribution in [1.29, 1.82) is 0 Å². The Balaban J connectivity index is 2.67. The van der Waals surface area contributed by atoms with Gasteiger partial charge in [-0.05, 0) is 5.56 Å². The number of ether oxygens (including phenoxy) is 3. The zero-order chi connectivity index (χ0) is 20.9. The minimum Gasteiger partial charge on any atom is -0.481 e. The van der Waals surface area contributed by atoms with Crippen molar-refractivity contribution in [3.8, 4) is 23.1 Å². The van der Waals surface area contributed by atoms with Gasteiger partial charge in [-0.1, -0.05) is 18.2 Å². The highest BCUT2D eigenvalue weighted by Gasteiger charge is 2.24. The highest BCUT2D eigenvalue weighted by atomic mass is 32.2. The SMILES string of the molecule is COC(=O)c1c(CS(=O)(=O)NC(N)=O)cccc1-c1nc(OC)cc(OC)n1. The van der Waals surface area contributed by atoms with Crippen LogP contribution in [0.3, 0.4) is 0 Å². The molecule has 1 aromatic carbocycles. The summed E-state index contributed by atoms with van der Waals surface area (Å²) in [6, 6.07) is 4.61. The predicted octanol–water partition coefficient (Wildman–Crippen LogP) is 0.445. The number of nitrogens with one attached hydrogen (secondary N) is 1. The van der Waals surface area contributed by atoms with Crippen LogP contribution in [-0.4, -0.2) is 51.7 Å². The zero-order valence-electron chi connectivity index (χ0n) is 15.3. The maximum atomic E-state index is 12.4. The van der Waals surface area contributed by atoms with Gasteiger partial charge >= 0.3 is 12.0 Å². The van der Waals surface area contributed by atoms with Gasteiger partial charge in [0.25, 0.3) is 0 Å². The second-order valence-corrected chi connectivity index (χ2v) is 7.06. The maximum Gasteiger partial charge on any atom is 0.338 e. The van der Waals surface area contributed by atoms with E-state index in [1.807, 2.05) is 0 Å². The Bertz CT molecular complexity index is 986. The first-order chi connectivity index (χ1) is 13.2. The van der Waals surface area contributed by atoms with E-state index in [1.54, 1.807) is 4.72 Å². The van der Waals surface area contributed by atoms with Crippen LogP contribution in [0.4, 0.5) is 4.79 Å². The number of primary amides is 1. The lowest BCUT2D eigenvalue weighted by atomic mass is 10.0. The third-order valence-corrected chi connectivity index (χ3v) is 4.68. The van der Waals surface area contributed by atoms with Gasteiger partial charge in [-0.3, -0.25) is 0 Å². The molecule has 0 radical (unpaired) electrons. The van der Waals surface area contributed by atoms with E-state index in [-0.39, 0.29) is 34.3 Å². The van der Waals surface area contributed by atoms with Gasteiger partial charge in [0.1, 0.15) is 0 Å². The number of methoxy groups -OCH3 is 3. The predicted molar refractivity (Wildman–Crippen MR) is 97.3 cm³/mol. The summed E-state index contributed by atoms with van der Waals surface area (Å²) in [5.41, 5.74) is 5.03. The topological polar surface area (TPSA) is 160 Å².